The SMILES string of the molecule is CC.N=Cc1cc2c(cc1N)c(-c1ccc(C(=O)O)c(F)c1F)c(C1CCOCC1)n2-c1ccc(F)cc1. The van der Waals surface area contributed by atoms with E-state index in [1.807, 2.05) is 18.4 Å². The number of anilines is 1. The number of aromatic carboxylic acids is 1. The predicted octanol–water partition coefficient (Wildman–Crippen LogP) is 6.91. The van der Waals surface area contributed by atoms with E-state index in [-0.39, 0.29) is 17.2 Å². The monoisotopic (exact) mass is 523 g/mol. The summed E-state index contributed by atoms with van der Waals surface area (Å²) < 4.78 is 51.6. The summed E-state index contributed by atoms with van der Waals surface area (Å²) in [5, 5.41) is 17.5. The summed E-state index contributed by atoms with van der Waals surface area (Å²) >= 11 is 0. The van der Waals surface area contributed by atoms with Crippen LogP contribution in [0.3, 0.4) is 0 Å². The fraction of sp³-hybridized carbons (Fsp3) is 0.241. The van der Waals surface area contributed by atoms with Crippen molar-refractivity contribution in [2.75, 3.05) is 18.9 Å². The van der Waals surface area contributed by atoms with Gasteiger partial charge in [0.15, 0.2) is 11.6 Å². The number of carboxylic acids is 1. The van der Waals surface area contributed by atoms with E-state index in [1.54, 1.807) is 24.3 Å². The van der Waals surface area contributed by atoms with Crippen molar-refractivity contribution in [1.82, 2.24) is 4.57 Å². The van der Waals surface area contributed by atoms with Gasteiger partial charge in [-0.1, -0.05) is 19.9 Å². The summed E-state index contributed by atoms with van der Waals surface area (Å²) in [6, 6.07) is 11.4. The number of carbonyl (C=O) groups is 1. The molecule has 6 nitrogen and oxygen atoms in total. The first kappa shape index (κ1) is 26.9. The third kappa shape index (κ3) is 4.65. The molecule has 4 aromatic rings. The number of halogens is 3. The van der Waals surface area contributed by atoms with E-state index in [0.29, 0.717) is 59.5 Å². The van der Waals surface area contributed by atoms with Crippen LogP contribution in [0, 0.1) is 22.9 Å². The molecule has 0 bridgehead atoms. The van der Waals surface area contributed by atoms with Gasteiger partial charge in [0.1, 0.15) is 5.82 Å². The molecule has 1 fully saturated rings. The van der Waals surface area contributed by atoms with Gasteiger partial charge < -0.3 is 25.6 Å². The van der Waals surface area contributed by atoms with E-state index >= 15 is 4.39 Å². The molecule has 198 valence electrons. The molecule has 1 saturated heterocycles. The van der Waals surface area contributed by atoms with Crippen LogP contribution in [0.4, 0.5) is 18.9 Å². The van der Waals surface area contributed by atoms with Gasteiger partial charge in [0, 0.05) is 64.5 Å². The Morgan fingerprint density at radius 2 is 1.71 bits per heavy atom. The Balaban J connectivity index is 0.00000164. The molecule has 5 rings (SSSR count). The second-order valence-electron chi connectivity index (χ2n) is 8.70. The third-order valence-corrected chi connectivity index (χ3v) is 6.64. The van der Waals surface area contributed by atoms with Gasteiger partial charge in [0.25, 0.3) is 0 Å². The fourth-order valence-corrected chi connectivity index (χ4v) is 4.93. The lowest BCUT2D eigenvalue weighted by atomic mass is 9.89. The maximum absolute atomic E-state index is 15.5. The molecular formula is C29H28F3N3O3. The van der Waals surface area contributed by atoms with E-state index in [0.717, 1.165) is 12.3 Å². The van der Waals surface area contributed by atoms with Crippen molar-refractivity contribution >= 4 is 28.8 Å². The minimum absolute atomic E-state index is 0.105. The zero-order valence-electron chi connectivity index (χ0n) is 21.0. The zero-order valence-corrected chi connectivity index (χ0v) is 21.0. The number of ether oxygens (including phenoxy) is 1. The normalized spacial score (nSPS) is 13.7. The van der Waals surface area contributed by atoms with E-state index in [4.69, 9.17) is 15.9 Å². The van der Waals surface area contributed by atoms with Crippen LogP contribution in [0.15, 0.2) is 48.5 Å². The Labute approximate surface area is 218 Å². The van der Waals surface area contributed by atoms with Gasteiger partial charge in [-0.3, -0.25) is 0 Å². The highest BCUT2D eigenvalue weighted by Crippen LogP contribution is 2.45. The molecule has 0 spiro atoms. The van der Waals surface area contributed by atoms with Crippen LogP contribution in [0.25, 0.3) is 27.7 Å². The quantitative estimate of drug-likeness (QED) is 0.195. The molecule has 0 amide bonds. The zero-order chi connectivity index (χ0) is 27.6. The number of hydrogen-bond acceptors (Lipinski definition) is 4. The lowest BCUT2D eigenvalue weighted by Crippen LogP contribution is -2.18. The predicted molar refractivity (Wildman–Crippen MR) is 142 cm³/mol. The Hall–Kier alpha value is -4.11. The number of nitrogens with zero attached hydrogens (tertiary/aromatic N) is 1. The van der Waals surface area contributed by atoms with E-state index in [2.05, 4.69) is 0 Å². The first-order chi connectivity index (χ1) is 18.3. The number of carboxylic acid groups (broad SMARTS) is 1. The van der Waals surface area contributed by atoms with Crippen molar-refractivity contribution in [3.63, 3.8) is 0 Å². The average molecular weight is 524 g/mol. The second-order valence-corrected chi connectivity index (χ2v) is 8.70. The molecule has 0 aliphatic carbocycles. The van der Waals surface area contributed by atoms with Gasteiger partial charge in [0.05, 0.1) is 11.1 Å². The number of hydrogen-bond donors (Lipinski definition) is 3. The van der Waals surface area contributed by atoms with Gasteiger partial charge in [-0.25, -0.2) is 18.0 Å². The molecule has 0 saturated carbocycles. The van der Waals surface area contributed by atoms with E-state index < -0.39 is 29.0 Å². The van der Waals surface area contributed by atoms with Gasteiger partial charge in [-0.15, -0.1) is 0 Å². The summed E-state index contributed by atoms with van der Waals surface area (Å²) in [6.45, 7) is 4.94. The largest absolute Gasteiger partial charge is 0.478 e. The fourth-order valence-electron chi connectivity index (χ4n) is 4.93. The minimum atomic E-state index is -1.57. The summed E-state index contributed by atoms with van der Waals surface area (Å²) in [4.78, 5) is 11.4. The van der Waals surface area contributed by atoms with Crippen molar-refractivity contribution in [2.24, 2.45) is 0 Å². The lowest BCUT2D eigenvalue weighted by molar-refractivity contribution is 0.0690. The molecule has 2 heterocycles. The maximum atomic E-state index is 15.5. The first-order valence-corrected chi connectivity index (χ1v) is 12.4. The van der Waals surface area contributed by atoms with Crippen molar-refractivity contribution < 1.29 is 27.8 Å². The van der Waals surface area contributed by atoms with Crippen LogP contribution in [0.1, 0.15) is 54.2 Å². The molecule has 0 radical (unpaired) electrons. The number of rotatable bonds is 5. The van der Waals surface area contributed by atoms with Crippen molar-refractivity contribution in [1.29, 1.82) is 5.41 Å². The molecule has 0 atom stereocenters. The van der Waals surface area contributed by atoms with Crippen molar-refractivity contribution in [3.05, 3.63) is 82.8 Å². The summed E-state index contributed by atoms with van der Waals surface area (Å²) in [7, 11) is 0. The summed E-state index contributed by atoms with van der Waals surface area (Å²) in [6.07, 6.45) is 2.32. The second kappa shape index (κ2) is 11.1. The molecule has 0 unspecified atom stereocenters. The number of aromatic nitrogens is 1. The van der Waals surface area contributed by atoms with E-state index in [1.165, 1.54) is 18.2 Å². The molecule has 9 heteroatoms. The standard InChI is InChI=1S/C27H22F3N3O3.C2H6/c28-16-1-3-17(4-2-16)33-22-11-15(13-31)21(32)12-20(22)23(26(33)14-7-9-36-10-8-14)18-5-6-19(27(34)35)25(30)24(18)29;1-2/h1-6,11-14,31H,7-10,32H2,(H,34,35);1-2H3. The third-order valence-electron chi connectivity index (χ3n) is 6.64. The van der Waals surface area contributed by atoms with Crippen molar-refractivity contribution in [2.45, 2.75) is 32.6 Å². The molecule has 4 N–H and O–H groups in total. The van der Waals surface area contributed by atoms with Crippen LogP contribution < -0.4 is 5.73 Å². The summed E-state index contributed by atoms with van der Waals surface area (Å²) in [5.41, 5.74) is 8.23. The molecule has 3 aromatic carbocycles. The van der Waals surface area contributed by atoms with Crippen LogP contribution in [-0.4, -0.2) is 35.1 Å². The number of nitrogens with two attached hydrogens (primary N) is 1. The van der Waals surface area contributed by atoms with Crippen LogP contribution >= 0.6 is 0 Å². The Kier molecular flexibility index (Phi) is 7.87. The highest BCUT2D eigenvalue weighted by molar-refractivity contribution is 6.05. The number of nitrogen functional groups attached to an aromatic ring is 1. The number of fused-ring (bicyclic) bond motifs is 1. The average Bonchev–Trinajstić information content (AvgIpc) is 3.25. The topological polar surface area (TPSA) is 101 Å². The lowest BCUT2D eigenvalue weighted by Gasteiger charge is -2.26. The van der Waals surface area contributed by atoms with E-state index in [9.17, 15) is 18.7 Å². The smallest absolute Gasteiger partial charge is 0.338 e. The number of nitrogens with one attached hydrogen (secondary N) is 1. The molecule has 1 aliphatic heterocycles. The van der Waals surface area contributed by atoms with Gasteiger partial charge in [-0.2, -0.15) is 0 Å². The first-order valence-electron chi connectivity index (χ1n) is 12.4. The Morgan fingerprint density at radius 1 is 1.05 bits per heavy atom. The molecule has 1 aliphatic rings. The van der Waals surface area contributed by atoms with Crippen LogP contribution in [0.5, 0.6) is 0 Å². The van der Waals surface area contributed by atoms with Gasteiger partial charge in [-0.05, 0) is 55.3 Å². The van der Waals surface area contributed by atoms with Crippen molar-refractivity contribution in [3.8, 4) is 16.8 Å². The highest BCUT2D eigenvalue weighted by atomic mass is 19.2. The molecular weight excluding hydrogens is 495 g/mol. The molecule has 38 heavy (non-hydrogen) atoms. The Morgan fingerprint density at radius 3 is 2.32 bits per heavy atom. The molecule has 1 aromatic heterocycles. The van der Waals surface area contributed by atoms with Crippen LogP contribution in [-0.2, 0) is 4.74 Å². The van der Waals surface area contributed by atoms with Gasteiger partial charge in [0.2, 0.25) is 0 Å². The highest BCUT2D eigenvalue weighted by Gasteiger charge is 2.31. The van der Waals surface area contributed by atoms with Crippen LogP contribution in [0.2, 0.25) is 0 Å². The number of benzene rings is 3. The maximum Gasteiger partial charge on any atom is 0.338 e. The minimum Gasteiger partial charge on any atom is -0.478 e. The van der Waals surface area contributed by atoms with Gasteiger partial charge >= 0.3 is 5.97 Å². The summed E-state index contributed by atoms with van der Waals surface area (Å²) in [5.74, 6) is -4.86. The Bertz CT molecular complexity index is 1510.